The van der Waals surface area contributed by atoms with Crippen LogP contribution in [-0.2, 0) is 28.1 Å². The van der Waals surface area contributed by atoms with E-state index in [0.29, 0.717) is 0 Å². The molecular formula is C45H70S2. The first-order chi connectivity index (χ1) is 21.5. The number of thioether (sulfide) groups is 2. The summed E-state index contributed by atoms with van der Waals surface area (Å²) >= 11 is 4.45. The summed E-state index contributed by atoms with van der Waals surface area (Å²) in [5.41, 5.74) is 10.8. The van der Waals surface area contributed by atoms with Gasteiger partial charge >= 0.3 is 0 Å². The molecule has 3 unspecified atom stereocenters. The molecule has 0 amide bonds. The molecule has 2 aliphatic rings. The van der Waals surface area contributed by atoms with Crippen molar-refractivity contribution in [2.75, 3.05) is 0 Å². The Morgan fingerprint density at radius 3 is 1.49 bits per heavy atom. The summed E-state index contributed by atoms with van der Waals surface area (Å²) in [6, 6.07) is 10.3. The van der Waals surface area contributed by atoms with Crippen LogP contribution in [0.3, 0.4) is 0 Å². The normalized spacial score (nSPS) is 21.4. The maximum atomic E-state index is 4.52. The molecule has 262 valence electrons. The summed E-state index contributed by atoms with van der Waals surface area (Å²) in [7, 11) is 0. The van der Waals surface area contributed by atoms with E-state index in [2.05, 4.69) is 158 Å². The molecule has 2 bridgehead atoms. The van der Waals surface area contributed by atoms with Gasteiger partial charge in [-0.15, -0.1) is 30.1 Å². The van der Waals surface area contributed by atoms with Crippen molar-refractivity contribution in [3.05, 3.63) is 82.5 Å². The van der Waals surface area contributed by atoms with Crippen LogP contribution in [0.15, 0.2) is 58.9 Å². The van der Waals surface area contributed by atoms with E-state index in [4.69, 9.17) is 0 Å². The molecule has 0 radical (unpaired) electrons. The van der Waals surface area contributed by atoms with Crippen LogP contribution >= 0.6 is 23.5 Å². The van der Waals surface area contributed by atoms with E-state index in [9.17, 15) is 0 Å². The minimum absolute atomic E-state index is 0.0769. The third kappa shape index (κ3) is 9.66. The predicted octanol–water partition coefficient (Wildman–Crippen LogP) is 14.7. The van der Waals surface area contributed by atoms with Gasteiger partial charge in [0.15, 0.2) is 0 Å². The first kappa shape index (κ1) is 40.1. The molecule has 4 rings (SSSR count). The van der Waals surface area contributed by atoms with Crippen molar-refractivity contribution in [1.82, 2.24) is 0 Å². The van der Waals surface area contributed by atoms with Gasteiger partial charge in [-0.2, -0.15) is 0 Å². The number of allylic oxidation sites excluding steroid dienone is 2. The molecule has 2 aromatic rings. The van der Waals surface area contributed by atoms with Crippen molar-refractivity contribution in [1.29, 1.82) is 0 Å². The fourth-order valence-corrected chi connectivity index (χ4v) is 11.8. The highest BCUT2D eigenvalue weighted by Gasteiger charge is 2.52. The lowest BCUT2D eigenvalue weighted by molar-refractivity contribution is 0.467. The standard InChI is InChI=1S/C42H64S2.C3H6/c1-16-17-27(2)20-33-36(40(10,11)12)24-32(25-37(33)41(13,14)15)44-42(26-29-18-19-30(42)21-29)43-31-22-34(38(4,5)6)28(3)35(23-31)39(7,8)9;1-3-2/h22-25,29-30H,2,16-21,26H2,1,3-15H3;3H,1H2,2H3. The molecule has 2 fully saturated rings. The van der Waals surface area contributed by atoms with E-state index >= 15 is 0 Å². The van der Waals surface area contributed by atoms with E-state index in [1.54, 1.807) is 6.08 Å². The van der Waals surface area contributed by atoms with Gasteiger partial charge in [-0.1, -0.05) is 121 Å². The number of hydrogen-bond acceptors (Lipinski definition) is 2. The second-order valence-corrected chi connectivity index (χ2v) is 21.9. The third-order valence-corrected chi connectivity index (χ3v) is 13.3. The maximum Gasteiger partial charge on any atom is 0.0735 e. The lowest BCUT2D eigenvalue weighted by Crippen LogP contribution is -2.28. The van der Waals surface area contributed by atoms with Crippen LogP contribution < -0.4 is 0 Å². The molecule has 0 saturated heterocycles. The van der Waals surface area contributed by atoms with E-state index in [-0.39, 0.29) is 25.7 Å². The Balaban J connectivity index is 0.00000192. The minimum Gasteiger partial charge on any atom is -0.108 e. The number of fused-ring (bicyclic) bond motifs is 2. The summed E-state index contributed by atoms with van der Waals surface area (Å²) in [5, 5.41) is 0. The van der Waals surface area contributed by atoms with Crippen molar-refractivity contribution in [3.63, 3.8) is 0 Å². The smallest absolute Gasteiger partial charge is 0.0735 e. The summed E-state index contributed by atoms with van der Waals surface area (Å²) in [4.78, 5) is 2.95. The Bertz CT molecular complexity index is 1340. The lowest BCUT2D eigenvalue weighted by Gasteiger charge is -2.39. The Morgan fingerprint density at radius 2 is 1.17 bits per heavy atom. The number of rotatable bonds is 8. The Kier molecular flexibility index (Phi) is 12.7. The first-order valence-corrected chi connectivity index (χ1v) is 20.0. The molecule has 2 saturated carbocycles. The van der Waals surface area contributed by atoms with Crippen LogP contribution in [0.4, 0.5) is 0 Å². The first-order valence-electron chi connectivity index (χ1n) is 18.4. The van der Waals surface area contributed by atoms with Gasteiger partial charge in [-0.25, -0.2) is 0 Å². The number of hydrogen-bond donors (Lipinski definition) is 0. The molecule has 0 aliphatic heterocycles. The van der Waals surface area contributed by atoms with Gasteiger partial charge in [0.2, 0.25) is 0 Å². The fourth-order valence-electron chi connectivity index (χ4n) is 8.13. The van der Waals surface area contributed by atoms with Crippen LogP contribution in [0.5, 0.6) is 0 Å². The molecule has 2 heteroatoms. The molecule has 3 atom stereocenters. The third-order valence-electron chi connectivity index (χ3n) is 10.2. The molecule has 0 heterocycles. The van der Waals surface area contributed by atoms with Gasteiger partial charge in [0.05, 0.1) is 4.08 Å². The highest BCUT2D eigenvalue weighted by atomic mass is 32.2. The Labute approximate surface area is 300 Å². The zero-order chi connectivity index (χ0) is 35.8. The SMILES string of the molecule is C=C(CCC)Cc1c(C(C)(C)C)cc(SC2(Sc3cc(C(C)(C)C)c(C)c(C(C)(C)C)c3)CC3CCC2C3)cc1C(C)(C)C.C=CC. The largest absolute Gasteiger partial charge is 0.108 e. The fraction of sp³-hybridized carbons (Fsp3) is 0.644. The molecule has 2 aromatic carbocycles. The van der Waals surface area contributed by atoms with E-state index in [0.717, 1.165) is 31.1 Å². The monoisotopic (exact) mass is 674 g/mol. The van der Waals surface area contributed by atoms with Gasteiger partial charge in [0.1, 0.15) is 0 Å². The summed E-state index contributed by atoms with van der Waals surface area (Å²) in [5.74, 6) is 1.63. The van der Waals surface area contributed by atoms with Crippen LogP contribution in [0.2, 0.25) is 0 Å². The Hall–Kier alpha value is -1.38. The average molecular weight is 675 g/mol. The summed E-state index contributed by atoms with van der Waals surface area (Å²) in [6.07, 6.45) is 10.5. The molecular weight excluding hydrogens is 605 g/mol. The predicted molar refractivity (Wildman–Crippen MR) is 216 cm³/mol. The average Bonchev–Trinajstić information content (AvgIpc) is 3.50. The quantitative estimate of drug-likeness (QED) is 0.202. The van der Waals surface area contributed by atoms with Crippen LogP contribution in [0, 0.1) is 18.8 Å². The van der Waals surface area contributed by atoms with Crippen molar-refractivity contribution in [2.45, 2.75) is 184 Å². The zero-order valence-corrected chi connectivity index (χ0v) is 34.9. The van der Waals surface area contributed by atoms with Gasteiger partial charge in [0.25, 0.3) is 0 Å². The lowest BCUT2D eigenvalue weighted by atomic mass is 9.74. The van der Waals surface area contributed by atoms with E-state index < -0.39 is 0 Å². The molecule has 47 heavy (non-hydrogen) atoms. The van der Waals surface area contributed by atoms with Crippen molar-refractivity contribution < 1.29 is 0 Å². The zero-order valence-electron chi connectivity index (χ0n) is 33.2. The van der Waals surface area contributed by atoms with Crippen LogP contribution in [0.25, 0.3) is 0 Å². The molecule has 0 spiro atoms. The van der Waals surface area contributed by atoms with E-state index in [1.807, 2.05) is 6.92 Å². The van der Waals surface area contributed by atoms with Crippen LogP contribution in [0.1, 0.15) is 169 Å². The highest BCUT2D eigenvalue weighted by Crippen LogP contribution is 2.65. The summed E-state index contributed by atoms with van der Waals surface area (Å²) in [6.45, 7) is 43.2. The van der Waals surface area contributed by atoms with Crippen molar-refractivity contribution in [2.24, 2.45) is 11.8 Å². The second-order valence-electron chi connectivity index (χ2n) is 18.8. The number of benzene rings is 2. The molecule has 0 nitrogen and oxygen atoms in total. The minimum atomic E-state index is 0.0769. The van der Waals surface area contributed by atoms with Gasteiger partial charge in [0, 0.05) is 9.79 Å². The molecule has 0 N–H and O–H groups in total. The van der Waals surface area contributed by atoms with Gasteiger partial charge in [-0.3, -0.25) is 0 Å². The summed E-state index contributed by atoms with van der Waals surface area (Å²) < 4.78 is 0.181. The Morgan fingerprint density at radius 1 is 0.766 bits per heavy atom. The van der Waals surface area contributed by atoms with E-state index in [1.165, 1.54) is 74.4 Å². The molecule has 2 aliphatic carbocycles. The van der Waals surface area contributed by atoms with Gasteiger partial charge < -0.3 is 0 Å². The van der Waals surface area contributed by atoms with Gasteiger partial charge in [-0.05, 0) is 137 Å². The molecule has 0 aromatic heterocycles. The van der Waals surface area contributed by atoms with Crippen molar-refractivity contribution in [3.8, 4) is 0 Å². The highest BCUT2D eigenvalue weighted by molar-refractivity contribution is 8.18. The maximum absolute atomic E-state index is 4.52. The topological polar surface area (TPSA) is 0 Å². The van der Waals surface area contributed by atoms with Crippen molar-refractivity contribution >= 4 is 23.5 Å². The second kappa shape index (κ2) is 14.8. The van der Waals surface area contributed by atoms with Crippen LogP contribution in [-0.4, -0.2) is 4.08 Å².